The number of nitrogens with zero attached hydrogens (tertiary/aromatic N) is 1. The van der Waals surface area contributed by atoms with E-state index >= 15 is 0 Å². The summed E-state index contributed by atoms with van der Waals surface area (Å²) in [6, 6.07) is 3.09. The topological polar surface area (TPSA) is 64.6 Å². The van der Waals surface area contributed by atoms with E-state index in [0.29, 0.717) is 38.0 Å². The summed E-state index contributed by atoms with van der Waals surface area (Å²) in [6.45, 7) is 1.32. The quantitative estimate of drug-likeness (QED) is 0.788. The molecule has 24 heavy (non-hydrogen) atoms. The van der Waals surface area contributed by atoms with Gasteiger partial charge in [0.2, 0.25) is 0 Å². The van der Waals surface area contributed by atoms with Crippen LogP contribution in [0.2, 0.25) is 0 Å². The van der Waals surface area contributed by atoms with Crippen LogP contribution in [0.1, 0.15) is 32.1 Å². The van der Waals surface area contributed by atoms with Gasteiger partial charge in [-0.05, 0) is 31.4 Å². The fourth-order valence-electron chi connectivity index (χ4n) is 3.53. The third-order valence-electron chi connectivity index (χ3n) is 4.89. The summed E-state index contributed by atoms with van der Waals surface area (Å²) >= 11 is 0. The van der Waals surface area contributed by atoms with Crippen molar-refractivity contribution in [3.63, 3.8) is 0 Å². The van der Waals surface area contributed by atoms with E-state index in [0.717, 1.165) is 18.9 Å². The Morgan fingerprint density at radius 1 is 1.33 bits per heavy atom. The zero-order valence-corrected chi connectivity index (χ0v) is 13.5. The molecule has 0 bridgehead atoms. The van der Waals surface area contributed by atoms with Crippen molar-refractivity contribution in [1.29, 1.82) is 0 Å². The fourth-order valence-corrected chi connectivity index (χ4v) is 3.53. The first-order chi connectivity index (χ1) is 11.5. The largest absolute Gasteiger partial charge is 0.388 e. The molecule has 1 aromatic carbocycles. The molecule has 1 aliphatic heterocycles. The minimum Gasteiger partial charge on any atom is -0.388 e. The van der Waals surface area contributed by atoms with E-state index in [1.54, 1.807) is 4.90 Å². The van der Waals surface area contributed by atoms with E-state index in [9.17, 15) is 18.7 Å². The summed E-state index contributed by atoms with van der Waals surface area (Å²) in [5.41, 5.74) is -0.433. The van der Waals surface area contributed by atoms with Crippen LogP contribution in [0.4, 0.5) is 19.3 Å². The molecule has 1 aliphatic carbocycles. The number of hydrogen-bond acceptors (Lipinski definition) is 3. The highest BCUT2D eigenvalue weighted by molar-refractivity contribution is 5.74. The highest BCUT2D eigenvalue weighted by atomic mass is 19.1. The van der Waals surface area contributed by atoms with Gasteiger partial charge in [-0.1, -0.05) is 12.8 Å². The van der Waals surface area contributed by atoms with Gasteiger partial charge in [0.1, 0.15) is 11.6 Å². The molecule has 2 fully saturated rings. The van der Waals surface area contributed by atoms with Gasteiger partial charge in [-0.15, -0.1) is 0 Å². The van der Waals surface area contributed by atoms with Gasteiger partial charge < -0.3 is 20.6 Å². The summed E-state index contributed by atoms with van der Waals surface area (Å²) in [7, 11) is 0. The zero-order chi connectivity index (χ0) is 17.2. The van der Waals surface area contributed by atoms with Gasteiger partial charge in [0.05, 0.1) is 11.3 Å². The van der Waals surface area contributed by atoms with Crippen LogP contribution in [0.15, 0.2) is 18.2 Å². The fraction of sp³-hybridized carbons (Fsp3) is 0.588. The Kier molecular flexibility index (Phi) is 4.89. The Morgan fingerprint density at radius 2 is 2.08 bits per heavy atom. The molecule has 1 unspecified atom stereocenters. The first-order valence-corrected chi connectivity index (χ1v) is 8.42. The molecule has 0 radical (unpaired) electrons. The smallest absolute Gasteiger partial charge is 0.315 e. The molecule has 7 heteroatoms. The van der Waals surface area contributed by atoms with Crippen LogP contribution in [-0.4, -0.2) is 42.4 Å². The van der Waals surface area contributed by atoms with E-state index in [4.69, 9.17) is 0 Å². The number of amides is 2. The van der Waals surface area contributed by atoms with E-state index in [1.165, 1.54) is 12.1 Å². The maximum absolute atomic E-state index is 13.8. The molecule has 0 aromatic heterocycles. The lowest BCUT2D eigenvalue weighted by Crippen LogP contribution is -2.48. The molecule has 2 amide bonds. The number of aliphatic hydroxyl groups is 1. The zero-order valence-electron chi connectivity index (χ0n) is 13.5. The molecule has 3 rings (SSSR count). The van der Waals surface area contributed by atoms with Crippen molar-refractivity contribution in [3.05, 3.63) is 29.8 Å². The third-order valence-corrected chi connectivity index (χ3v) is 4.89. The highest BCUT2D eigenvalue weighted by Crippen LogP contribution is 2.28. The number of urea groups is 1. The first-order valence-electron chi connectivity index (χ1n) is 8.42. The number of halogens is 2. The van der Waals surface area contributed by atoms with Crippen molar-refractivity contribution in [2.45, 2.75) is 43.7 Å². The van der Waals surface area contributed by atoms with Crippen molar-refractivity contribution in [3.8, 4) is 0 Å². The Balaban J connectivity index is 1.48. The minimum atomic E-state index is -0.781. The predicted molar refractivity (Wildman–Crippen MR) is 86.9 cm³/mol. The Hall–Kier alpha value is -1.89. The number of anilines is 1. The number of carbonyl (C=O) groups is 1. The molecule has 3 N–H and O–H groups in total. The average molecular weight is 339 g/mol. The predicted octanol–water partition coefficient (Wildman–Crippen LogP) is 2.15. The normalized spacial score (nSPS) is 22.6. The second-order valence-electron chi connectivity index (χ2n) is 6.79. The van der Waals surface area contributed by atoms with Gasteiger partial charge in [0.25, 0.3) is 0 Å². The van der Waals surface area contributed by atoms with Crippen molar-refractivity contribution in [1.82, 2.24) is 10.6 Å². The summed E-state index contributed by atoms with van der Waals surface area (Å²) in [4.78, 5) is 13.8. The lowest BCUT2D eigenvalue weighted by Gasteiger charge is -2.23. The minimum absolute atomic E-state index is 0.104. The Bertz CT molecular complexity index is 605. The second kappa shape index (κ2) is 6.93. The van der Waals surface area contributed by atoms with E-state index in [2.05, 4.69) is 10.6 Å². The van der Waals surface area contributed by atoms with Crippen LogP contribution >= 0.6 is 0 Å². The lowest BCUT2D eigenvalue weighted by molar-refractivity contribution is 0.0500. The van der Waals surface area contributed by atoms with Gasteiger partial charge >= 0.3 is 6.03 Å². The molecule has 132 valence electrons. The molecule has 1 heterocycles. The maximum Gasteiger partial charge on any atom is 0.315 e. The van der Waals surface area contributed by atoms with Crippen LogP contribution in [0.25, 0.3) is 0 Å². The van der Waals surface area contributed by atoms with Crippen molar-refractivity contribution < 1.29 is 18.7 Å². The van der Waals surface area contributed by atoms with Crippen LogP contribution < -0.4 is 15.5 Å². The lowest BCUT2D eigenvalue weighted by atomic mass is 10.0. The van der Waals surface area contributed by atoms with Crippen LogP contribution in [0.3, 0.4) is 0 Å². The van der Waals surface area contributed by atoms with Crippen molar-refractivity contribution >= 4 is 11.7 Å². The molecule has 5 nitrogen and oxygen atoms in total. The first kappa shape index (κ1) is 17.0. The van der Waals surface area contributed by atoms with E-state index in [1.807, 2.05) is 0 Å². The summed E-state index contributed by atoms with van der Waals surface area (Å²) in [5.74, 6) is -1.20. The van der Waals surface area contributed by atoms with Crippen molar-refractivity contribution in [2.75, 3.05) is 24.5 Å². The summed E-state index contributed by atoms with van der Waals surface area (Å²) in [6.07, 6.45) is 4.10. The van der Waals surface area contributed by atoms with Gasteiger partial charge in [-0.25, -0.2) is 13.6 Å². The van der Waals surface area contributed by atoms with Gasteiger partial charge in [-0.3, -0.25) is 0 Å². The van der Waals surface area contributed by atoms with Crippen LogP contribution in [0.5, 0.6) is 0 Å². The SMILES string of the molecule is O=C(NCC1(O)CCCC1)NC1CCN(c2ccc(F)cc2F)C1. The molecule has 1 aromatic rings. The second-order valence-corrected chi connectivity index (χ2v) is 6.79. The highest BCUT2D eigenvalue weighted by Gasteiger charge is 2.32. The number of rotatable bonds is 4. The Labute approximate surface area is 140 Å². The van der Waals surface area contributed by atoms with Crippen LogP contribution in [-0.2, 0) is 0 Å². The van der Waals surface area contributed by atoms with Gasteiger partial charge in [0, 0.05) is 31.7 Å². The van der Waals surface area contributed by atoms with Crippen LogP contribution in [0, 0.1) is 11.6 Å². The Morgan fingerprint density at radius 3 is 2.79 bits per heavy atom. The number of nitrogens with one attached hydrogen (secondary N) is 2. The number of hydrogen-bond donors (Lipinski definition) is 3. The maximum atomic E-state index is 13.8. The average Bonchev–Trinajstić information content (AvgIpc) is 3.15. The summed E-state index contributed by atoms with van der Waals surface area (Å²) in [5, 5.41) is 15.8. The van der Waals surface area contributed by atoms with Crippen molar-refractivity contribution in [2.24, 2.45) is 0 Å². The van der Waals surface area contributed by atoms with Gasteiger partial charge in [0.15, 0.2) is 0 Å². The molecule has 1 saturated heterocycles. The molecular weight excluding hydrogens is 316 g/mol. The molecule has 1 saturated carbocycles. The molecular formula is C17H23F2N3O2. The molecule has 2 aliphatic rings. The standard InChI is InChI=1S/C17H23F2N3O2/c18-12-3-4-15(14(19)9-12)22-8-5-13(10-22)21-16(23)20-11-17(24)6-1-2-7-17/h3-4,9,13,24H,1-2,5-8,10-11H2,(H2,20,21,23). The number of benzene rings is 1. The molecule has 1 atom stereocenters. The summed E-state index contributed by atoms with van der Waals surface area (Å²) < 4.78 is 26.8. The van der Waals surface area contributed by atoms with E-state index < -0.39 is 17.2 Å². The monoisotopic (exact) mass is 339 g/mol. The van der Waals surface area contributed by atoms with Gasteiger partial charge in [-0.2, -0.15) is 0 Å². The molecule has 0 spiro atoms. The third kappa shape index (κ3) is 3.95. The van der Waals surface area contributed by atoms with E-state index in [-0.39, 0.29) is 18.6 Å². The number of carbonyl (C=O) groups excluding carboxylic acids is 1.